The predicted octanol–water partition coefficient (Wildman–Crippen LogP) is 4.13. The van der Waals surface area contributed by atoms with E-state index in [0.717, 1.165) is 11.1 Å². The van der Waals surface area contributed by atoms with E-state index in [1.165, 1.54) is 0 Å². The lowest BCUT2D eigenvalue weighted by Crippen LogP contribution is -2.60. The van der Waals surface area contributed by atoms with E-state index in [-0.39, 0.29) is 25.2 Å². The Morgan fingerprint density at radius 2 is 1.18 bits per heavy atom. The van der Waals surface area contributed by atoms with Crippen LogP contribution in [-0.2, 0) is 33.6 Å². The highest BCUT2D eigenvalue weighted by Crippen LogP contribution is 2.22. The number of amides is 5. The van der Waals surface area contributed by atoms with E-state index in [1.54, 1.807) is 45.0 Å². The number of imide groups is 3. The molecule has 0 radical (unpaired) electrons. The molecule has 10 nitrogen and oxygen atoms in total. The summed E-state index contributed by atoms with van der Waals surface area (Å²) in [5, 5.41) is 16.8. The molecule has 3 aromatic carbocycles. The van der Waals surface area contributed by atoms with Gasteiger partial charge in [0.25, 0.3) is 5.91 Å². The van der Waals surface area contributed by atoms with Crippen LogP contribution in [0.2, 0.25) is 0 Å². The van der Waals surface area contributed by atoms with Crippen LogP contribution in [-0.4, -0.2) is 63.5 Å². The van der Waals surface area contributed by atoms with Crippen molar-refractivity contribution in [2.45, 2.75) is 96.5 Å². The number of nitrogens with two attached hydrogens (primary N) is 2. The fourth-order valence-electron chi connectivity index (χ4n) is 5.63. The minimum absolute atomic E-state index is 0.0142. The molecule has 0 aliphatic carbocycles. The first-order valence-corrected chi connectivity index (χ1v) is 17.0. The molecule has 0 saturated carbocycles. The molecule has 0 bridgehead atoms. The average Bonchev–Trinajstić information content (AvgIpc) is 3.04. The van der Waals surface area contributed by atoms with Crippen molar-refractivity contribution in [1.82, 2.24) is 15.5 Å². The van der Waals surface area contributed by atoms with Crippen LogP contribution >= 0.6 is 0 Å². The summed E-state index contributed by atoms with van der Waals surface area (Å²) in [5.41, 5.74) is 14.2. The van der Waals surface area contributed by atoms with Gasteiger partial charge in [0.1, 0.15) is 6.04 Å². The van der Waals surface area contributed by atoms with Gasteiger partial charge in [-0.1, -0.05) is 105 Å². The number of aliphatic hydroxyl groups is 1. The number of urea groups is 1. The normalized spacial score (nSPS) is 14.6. The Labute approximate surface area is 290 Å². The molecule has 3 aromatic rings. The molecule has 264 valence electrons. The summed E-state index contributed by atoms with van der Waals surface area (Å²) in [6.45, 7) is 9.08. The summed E-state index contributed by atoms with van der Waals surface area (Å²) < 4.78 is 0. The Morgan fingerprint density at radius 1 is 0.714 bits per heavy atom. The molecule has 7 N–H and O–H groups in total. The van der Waals surface area contributed by atoms with Crippen molar-refractivity contribution in [3.63, 3.8) is 0 Å². The Hall–Kier alpha value is -4.38. The van der Waals surface area contributed by atoms with E-state index in [1.807, 2.05) is 80.6 Å². The van der Waals surface area contributed by atoms with Gasteiger partial charge in [-0.3, -0.25) is 14.4 Å². The third-order valence-electron chi connectivity index (χ3n) is 8.09. The van der Waals surface area contributed by atoms with Crippen LogP contribution in [0.4, 0.5) is 4.79 Å². The highest BCUT2D eigenvalue weighted by atomic mass is 16.3. The van der Waals surface area contributed by atoms with Gasteiger partial charge in [-0.05, 0) is 69.1 Å². The summed E-state index contributed by atoms with van der Waals surface area (Å²) in [7, 11) is 0. The van der Waals surface area contributed by atoms with Crippen LogP contribution in [0.25, 0.3) is 0 Å². The summed E-state index contributed by atoms with van der Waals surface area (Å²) in [6, 6.07) is 23.8. The van der Waals surface area contributed by atoms with Crippen LogP contribution in [0.15, 0.2) is 91.0 Å². The number of hydrogen-bond acceptors (Lipinski definition) is 7. The lowest BCUT2D eigenvalue weighted by atomic mass is 9.88. The monoisotopic (exact) mass is 671 g/mol. The second kappa shape index (κ2) is 18.4. The molecule has 0 aliphatic rings. The van der Waals surface area contributed by atoms with E-state index in [4.69, 9.17) is 11.5 Å². The van der Waals surface area contributed by atoms with Crippen LogP contribution in [0.1, 0.15) is 64.2 Å². The molecule has 0 fully saturated rings. The van der Waals surface area contributed by atoms with Gasteiger partial charge in [0.05, 0.1) is 12.1 Å². The summed E-state index contributed by atoms with van der Waals surface area (Å²) >= 11 is 0. The first-order valence-electron chi connectivity index (χ1n) is 17.0. The number of hydrogen-bond donors (Lipinski definition) is 5. The topological polar surface area (TPSA) is 168 Å². The first-order chi connectivity index (χ1) is 23.1. The van der Waals surface area contributed by atoms with Gasteiger partial charge in [0.15, 0.2) is 0 Å². The molecule has 0 aliphatic heterocycles. The van der Waals surface area contributed by atoms with E-state index in [2.05, 4.69) is 10.6 Å². The Kier molecular flexibility index (Phi) is 14.7. The molecule has 49 heavy (non-hydrogen) atoms. The van der Waals surface area contributed by atoms with Crippen molar-refractivity contribution in [2.24, 2.45) is 23.3 Å². The fraction of sp³-hybridized carbons (Fsp3) is 0.436. The Morgan fingerprint density at radius 3 is 1.65 bits per heavy atom. The largest absolute Gasteiger partial charge is 0.391 e. The van der Waals surface area contributed by atoms with Gasteiger partial charge in [-0.25, -0.2) is 4.79 Å². The smallest absolute Gasteiger partial charge is 0.331 e. The van der Waals surface area contributed by atoms with Gasteiger partial charge in [-0.2, -0.15) is 4.90 Å². The minimum Gasteiger partial charge on any atom is -0.391 e. The number of benzene rings is 3. The van der Waals surface area contributed by atoms with Crippen LogP contribution in [0.5, 0.6) is 0 Å². The zero-order chi connectivity index (χ0) is 36.1. The van der Waals surface area contributed by atoms with Crippen molar-refractivity contribution in [2.75, 3.05) is 0 Å². The van der Waals surface area contributed by atoms with E-state index >= 15 is 0 Å². The van der Waals surface area contributed by atoms with Crippen molar-refractivity contribution >= 4 is 23.8 Å². The maximum Gasteiger partial charge on any atom is 0.331 e. The molecule has 5 amide bonds. The zero-order valence-corrected chi connectivity index (χ0v) is 29.3. The van der Waals surface area contributed by atoms with Gasteiger partial charge >= 0.3 is 6.03 Å². The third kappa shape index (κ3) is 12.9. The quantitative estimate of drug-likeness (QED) is 0.162. The fourth-order valence-corrected chi connectivity index (χ4v) is 5.63. The Bertz CT molecular complexity index is 1490. The minimum atomic E-state index is -1.29. The number of carbonyl (C=O) groups is 4. The summed E-state index contributed by atoms with van der Waals surface area (Å²) in [6.07, 6.45) is -0.344. The van der Waals surface area contributed by atoms with Gasteiger partial charge < -0.3 is 27.2 Å². The van der Waals surface area contributed by atoms with E-state index in [0.29, 0.717) is 23.3 Å². The zero-order valence-electron chi connectivity index (χ0n) is 29.3. The average molecular weight is 672 g/mol. The summed E-state index contributed by atoms with van der Waals surface area (Å²) in [4.78, 5) is 56.9. The van der Waals surface area contributed by atoms with Crippen LogP contribution < -0.4 is 22.1 Å². The molecule has 0 aromatic heterocycles. The maximum absolute atomic E-state index is 14.6. The van der Waals surface area contributed by atoms with Crippen molar-refractivity contribution < 1.29 is 24.3 Å². The summed E-state index contributed by atoms with van der Waals surface area (Å²) in [5.74, 6) is -3.15. The second-order valence-corrected chi connectivity index (χ2v) is 14.2. The van der Waals surface area contributed by atoms with Gasteiger partial charge in [-0.15, -0.1) is 0 Å². The number of aliphatic hydroxyl groups excluding tert-OH is 1. The highest BCUT2D eigenvalue weighted by molar-refractivity contribution is 6.13. The molecule has 0 heterocycles. The highest BCUT2D eigenvalue weighted by Gasteiger charge is 2.40. The van der Waals surface area contributed by atoms with Crippen molar-refractivity contribution in [3.05, 3.63) is 108 Å². The van der Waals surface area contributed by atoms with Crippen molar-refractivity contribution in [3.8, 4) is 0 Å². The molecule has 0 unspecified atom stereocenters. The van der Waals surface area contributed by atoms with E-state index in [9.17, 15) is 24.3 Å². The number of rotatable bonds is 15. The molecular formula is C39H53N5O5. The molecule has 5 atom stereocenters. The standard InChI is InChI=1S/C39H53N5O5/c1-26(2)21-32(41)35(46)42-33(24-29-19-13-8-14-20-29)37(48)44(38(49)43-39(3,4)5)36(47)30(22-27-15-9-6-10-16-27)25-34(45)31(40)23-28-17-11-7-12-18-28/h6-20,26,30-34,45H,21-25,40-41H2,1-5H3,(H,42,46)(H,43,49)/t30-,31+,32+,33+,34+/m1/s1. The third-order valence-corrected chi connectivity index (χ3v) is 8.09. The predicted molar refractivity (Wildman–Crippen MR) is 192 cm³/mol. The maximum atomic E-state index is 14.6. The Balaban J connectivity index is 2.02. The van der Waals surface area contributed by atoms with Crippen LogP contribution in [0.3, 0.4) is 0 Å². The second-order valence-electron chi connectivity index (χ2n) is 14.2. The molecule has 0 saturated heterocycles. The van der Waals surface area contributed by atoms with E-state index < -0.39 is 59.4 Å². The number of carbonyl (C=O) groups excluding carboxylic acids is 4. The van der Waals surface area contributed by atoms with Gasteiger partial charge in [0.2, 0.25) is 11.8 Å². The van der Waals surface area contributed by atoms with Gasteiger partial charge in [0, 0.05) is 23.9 Å². The lowest BCUT2D eigenvalue weighted by Gasteiger charge is -2.32. The molecule has 0 spiro atoms. The number of nitrogens with zero attached hydrogens (tertiary/aromatic N) is 1. The molecular weight excluding hydrogens is 618 g/mol. The first kappa shape index (κ1) is 39.1. The lowest BCUT2D eigenvalue weighted by molar-refractivity contribution is -0.146. The molecule has 3 rings (SSSR count). The molecule has 10 heteroatoms. The van der Waals surface area contributed by atoms with Crippen LogP contribution in [0, 0.1) is 11.8 Å². The number of nitrogens with one attached hydrogen (secondary N) is 2. The SMILES string of the molecule is CC(C)C[C@H](N)C(=O)N[C@@H](Cc1ccccc1)C(=O)N(C(=O)NC(C)(C)C)C(=O)[C@H](Cc1ccccc1)C[C@H](O)[C@@H](N)Cc1ccccc1. The van der Waals surface area contributed by atoms with Crippen molar-refractivity contribution in [1.29, 1.82) is 0 Å².